The largest absolute Gasteiger partial charge is 0.380 e. The molecule has 1 heterocycles. The number of amides is 2. The number of hydrogen-bond acceptors (Lipinski definition) is 4. The van der Waals surface area contributed by atoms with E-state index < -0.39 is 6.04 Å². The van der Waals surface area contributed by atoms with Gasteiger partial charge in [-0.1, -0.05) is 24.3 Å². The van der Waals surface area contributed by atoms with Gasteiger partial charge < -0.3 is 10.1 Å². The number of nitrogens with zero attached hydrogens (tertiary/aromatic N) is 1. The molecule has 2 amide bonds. The highest BCUT2D eigenvalue weighted by Crippen LogP contribution is 2.22. The van der Waals surface area contributed by atoms with Gasteiger partial charge in [0, 0.05) is 6.54 Å². The summed E-state index contributed by atoms with van der Waals surface area (Å²) in [6.45, 7) is 5.29. The lowest BCUT2D eigenvalue weighted by Gasteiger charge is -2.15. The SMILES string of the molecule is C=CCCOCCNC1CC(=O)N(c2ccccc2)C1=O. The van der Waals surface area contributed by atoms with Crippen molar-refractivity contribution in [3.05, 3.63) is 43.0 Å². The normalized spacial score (nSPS) is 18.3. The summed E-state index contributed by atoms with van der Waals surface area (Å²) in [4.78, 5) is 25.5. The zero-order chi connectivity index (χ0) is 15.1. The van der Waals surface area contributed by atoms with Crippen LogP contribution in [0, 0.1) is 0 Å². The first-order valence-electron chi connectivity index (χ1n) is 7.08. The molecular weight excluding hydrogens is 268 g/mol. The highest BCUT2D eigenvalue weighted by molar-refractivity contribution is 6.22. The molecule has 1 aromatic carbocycles. The highest BCUT2D eigenvalue weighted by atomic mass is 16.5. The van der Waals surface area contributed by atoms with E-state index in [4.69, 9.17) is 4.74 Å². The summed E-state index contributed by atoms with van der Waals surface area (Å²) in [6, 6.07) is 8.53. The van der Waals surface area contributed by atoms with Gasteiger partial charge in [-0.25, -0.2) is 4.90 Å². The van der Waals surface area contributed by atoms with Crippen molar-refractivity contribution in [3.8, 4) is 0 Å². The summed E-state index contributed by atoms with van der Waals surface area (Å²) in [5.41, 5.74) is 0.624. The maximum absolute atomic E-state index is 12.3. The fourth-order valence-electron chi connectivity index (χ4n) is 2.21. The van der Waals surface area contributed by atoms with E-state index in [-0.39, 0.29) is 18.2 Å². The van der Waals surface area contributed by atoms with Gasteiger partial charge in [-0.05, 0) is 18.6 Å². The Kier molecular flexibility index (Phi) is 5.66. The Morgan fingerprint density at radius 1 is 1.29 bits per heavy atom. The maximum Gasteiger partial charge on any atom is 0.251 e. The van der Waals surface area contributed by atoms with Crippen LogP contribution in [0.15, 0.2) is 43.0 Å². The first-order valence-corrected chi connectivity index (χ1v) is 7.08. The molecule has 1 atom stereocenters. The number of rotatable bonds is 8. The number of ether oxygens (including phenoxy) is 1. The Hall–Kier alpha value is -1.98. The third-order valence-corrected chi connectivity index (χ3v) is 3.26. The van der Waals surface area contributed by atoms with Gasteiger partial charge in [-0.15, -0.1) is 6.58 Å². The smallest absolute Gasteiger partial charge is 0.251 e. The Balaban J connectivity index is 1.83. The molecule has 1 aliphatic heterocycles. The van der Waals surface area contributed by atoms with E-state index in [1.54, 1.807) is 18.2 Å². The second kappa shape index (κ2) is 7.71. The average molecular weight is 288 g/mol. The van der Waals surface area contributed by atoms with Gasteiger partial charge in [0.05, 0.1) is 31.4 Å². The number of nitrogens with one attached hydrogen (secondary N) is 1. The lowest BCUT2D eigenvalue weighted by molar-refractivity contribution is -0.121. The molecule has 1 aromatic rings. The molecule has 5 nitrogen and oxygen atoms in total. The van der Waals surface area contributed by atoms with Crippen LogP contribution in [-0.2, 0) is 14.3 Å². The number of imide groups is 1. The summed E-state index contributed by atoms with van der Waals surface area (Å²) in [6.07, 6.45) is 2.80. The lowest BCUT2D eigenvalue weighted by atomic mass is 10.2. The third kappa shape index (κ3) is 4.00. The van der Waals surface area contributed by atoms with Gasteiger partial charge in [0.1, 0.15) is 0 Å². The molecule has 0 aliphatic carbocycles. The minimum Gasteiger partial charge on any atom is -0.380 e. The van der Waals surface area contributed by atoms with E-state index in [1.165, 1.54) is 4.90 Å². The van der Waals surface area contributed by atoms with E-state index in [0.29, 0.717) is 25.4 Å². The fraction of sp³-hybridized carbons (Fsp3) is 0.375. The van der Waals surface area contributed by atoms with Crippen LogP contribution in [0.4, 0.5) is 5.69 Å². The van der Waals surface area contributed by atoms with E-state index >= 15 is 0 Å². The van der Waals surface area contributed by atoms with Gasteiger partial charge in [0.15, 0.2) is 0 Å². The molecule has 0 radical (unpaired) electrons. The number of benzene rings is 1. The monoisotopic (exact) mass is 288 g/mol. The zero-order valence-electron chi connectivity index (χ0n) is 12.0. The van der Waals surface area contributed by atoms with Crippen molar-refractivity contribution in [3.63, 3.8) is 0 Å². The minimum absolute atomic E-state index is 0.170. The van der Waals surface area contributed by atoms with E-state index in [1.807, 2.05) is 18.2 Å². The van der Waals surface area contributed by atoms with Crippen molar-refractivity contribution < 1.29 is 14.3 Å². The number of carbonyl (C=O) groups is 2. The Morgan fingerprint density at radius 2 is 2.05 bits per heavy atom. The molecule has 21 heavy (non-hydrogen) atoms. The van der Waals surface area contributed by atoms with Gasteiger partial charge in [0.25, 0.3) is 5.91 Å². The van der Waals surface area contributed by atoms with Gasteiger partial charge in [0.2, 0.25) is 5.91 Å². The molecule has 112 valence electrons. The molecule has 5 heteroatoms. The van der Waals surface area contributed by atoms with Crippen molar-refractivity contribution in [2.75, 3.05) is 24.7 Å². The number of para-hydroxylation sites is 1. The standard InChI is InChI=1S/C16H20N2O3/c1-2-3-10-21-11-9-17-14-12-15(19)18(16(14)20)13-7-5-4-6-8-13/h2,4-8,14,17H,1,3,9-12H2. The Morgan fingerprint density at radius 3 is 2.76 bits per heavy atom. The predicted molar refractivity (Wildman–Crippen MR) is 81.0 cm³/mol. The topological polar surface area (TPSA) is 58.6 Å². The van der Waals surface area contributed by atoms with Crippen LogP contribution < -0.4 is 10.2 Å². The minimum atomic E-state index is -0.458. The second-order valence-corrected chi connectivity index (χ2v) is 4.80. The summed E-state index contributed by atoms with van der Waals surface area (Å²) in [7, 11) is 0. The second-order valence-electron chi connectivity index (χ2n) is 4.80. The van der Waals surface area contributed by atoms with Gasteiger partial charge >= 0.3 is 0 Å². The van der Waals surface area contributed by atoms with E-state index in [2.05, 4.69) is 11.9 Å². The van der Waals surface area contributed by atoms with Crippen molar-refractivity contribution >= 4 is 17.5 Å². The van der Waals surface area contributed by atoms with Crippen LogP contribution in [0.5, 0.6) is 0 Å². The summed E-state index contributed by atoms with van der Waals surface area (Å²) >= 11 is 0. The maximum atomic E-state index is 12.3. The molecule has 1 aliphatic rings. The van der Waals surface area contributed by atoms with Gasteiger partial charge in [-0.2, -0.15) is 0 Å². The average Bonchev–Trinajstić information content (AvgIpc) is 2.78. The molecule has 1 saturated heterocycles. The summed E-state index contributed by atoms with van der Waals surface area (Å²) < 4.78 is 5.36. The number of anilines is 1. The fourth-order valence-corrected chi connectivity index (χ4v) is 2.21. The molecule has 1 unspecified atom stereocenters. The van der Waals surface area contributed by atoms with Crippen LogP contribution in [-0.4, -0.2) is 37.6 Å². The molecule has 0 bridgehead atoms. The first-order chi connectivity index (χ1) is 10.2. The van der Waals surface area contributed by atoms with Crippen LogP contribution in [0.2, 0.25) is 0 Å². The van der Waals surface area contributed by atoms with Crippen molar-refractivity contribution in [2.45, 2.75) is 18.9 Å². The third-order valence-electron chi connectivity index (χ3n) is 3.26. The zero-order valence-corrected chi connectivity index (χ0v) is 12.0. The lowest BCUT2D eigenvalue weighted by Crippen LogP contribution is -2.40. The summed E-state index contributed by atoms with van der Waals surface area (Å²) in [5, 5.41) is 3.08. The summed E-state index contributed by atoms with van der Waals surface area (Å²) in [5.74, 6) is -0.367. The molecule has 0 aromatic heterocycles. The quantitative estimate of drug-likeness (QED) is 0.447. The van der Waals surface area contributed by atoms with E-state index in [9.17, 15) is 9.59 Å². The molecule has 0 spiro atoms. The molecule has 1 fully saturated rings. The Labute approximate surface area is 124 Å². The van der Waals surface area contributed by atoms with E-state index in [0.717, 1.165) is 6.42 Å². The Bertz CT molecular complexity index is 502. The van der Waals surface area contributed by atoms with Crippen molar-refractivity contribution in [1.82, 2.24) is 5.32 Å². The van der Waals surface area contributed by atoms with Crippen LogP contribution in [0.3, 0.4) is 0 Å². The van der Waals surface area contributed by atoms with Gasteiger partial charge in [-0.3, -0.25) is 9.59 Å². The highest BCUT2D eigenvalue weighted by Gasteiger charge is 2.38. The predicted octanol–water partition coefficient (Wildman–Crippen LogP) is 1.50. The number of carbonyl (C=O) groups excluding carboxylic acids is 2. The van der Waals surface area contributed by atoms with Crippen LogP contribution in [0.25, 0.3) is 0 Å². The molecule has 1 N–H and O–H groups in total. The first kappa shape index (κ1) is 15.4. The molecular formula is C16H20N2O3. The number of hydrogen-bond donors (Lipinski definition) is 1. The molecule has 0 saturated carbocycles. The van der Waals surface area contributed by atoms with Crippen molar-refractivity contribution in [2.24, 2.45) is 0 Å². The van der Waals surface area contributed by atoms with Crippen LogP contribution >= 0.6 is 0 Å². The van der Waals surface area contributed by atoms with Crippen LogP contribution in [0.1, 0.15) is 12.8 Å². The van der Waals surface area contributed by atoms with Crippen molar-refractivity contribution in [1.29, 1.82) is 0 Å². The molecule has 2 rings (SSSR count).